The van der Waals surface area contributed by atoms with Gasteiger partial charge in [0.05, 0.1) is 7.11 Å². The van der Waals surface area contributed by atoms with Gasteiger partial charge in [0.1, 0.15) is 5.75 Å². The molecule has 5 heteroatoms. The highest BCUT2D eigenvalue weighted by atomic mass is 16.6. The monoisotopic (exact) mass is 328 g/mol. The van der Waals surface area contributed by atoms with Gasteiger partial charge in [0.2, 0.25) is 0 Å². The van der Waals surface area contributed by atoms with Crippen LogP contribution in [-0.4, -0.2) is 24.9 Å². The summed E-state index contributed by atoms with van der Waals surface area (Å²) in [6, 6.07) is 8.90. The lowest BCUT2D eigenvalue weighted by atomic mass is 9.71. The Hall–Kier alpha value is -2.17. The molecule has 0 N–H and O–H groups in total. The molecule has 3 rings (SSSR count). The second-order valence-electron chi connectivity index (χ2n) is 7.46. The Morgan fingerprint density at radius 2 is 1.92 bits per heavy atom. The first-order chi connectivity index (χ1) is 11.3. The highest BCUT2D eigenvalue weighted by Crippen LogP contribution is 2.60. The third-order valence-corrected chi connectivity index (χ3v) is 5.47. The van der Waals surface area contributed by atoms with E-state index in [1.54, 1.807) is 24.3 Å². The predicted octanol–water partition coefficient (Wildman–Crippen LogP) is 4.48. The van der Waals surface area contributed by atoms with Crippen molar-refractivity contribution in [3.05, 3.63) is 30.3 Å². The fraction of sp³-hybridized carbons (Fsp3) is 0.526. The molecule has 1 amide bonds. The minimum absolute atomic E-state index is 0.00956. The highest BCUT2D eigenvalue weighted by molar-refractivity contribution is 6.05. The van der Waals surface area contributed by atoms with E-state index >= 15 is 0 Å². The van der Waals surface area contributed by atoms with E-state index in [4.69, 9.17) is 9.47 Å². The number of amides is 1. The van der Waals surface area contributed by atoms with Gasteiger partial charge >= 0.3 is 12.1 Å². The molecule has 0 aliphatic heterocycles. The third-order valence-electron chi connectivity index (χ3n) is 5.47. The Balaban J connectivity index is 1.82. The Morgan fingerprint density at radius 3 is 2.50 bits per heavy atom. The van der Waals surface area contributed by atoms with Crippen molar-refractivity contribution in [1.29, 1.82) is 0 Å². The lowest BCUT2D eigenvalue weighted by Crippen LogP contribution is -2.36. The summed E-state index contributed by atoms with van der Waals surface area (Å²) < 4.78 is 10.4. The van der Waals surface area contributed by atoms with Gasteiger partial charge in [-0.15, -0.1) is 4.99 Å². The van der Waals surface area contributed by atoms with Crippen molar-refractivity contribution in [2.75, 3.05) is 7.11 Å². The summed E-state index contributed by atoms with van der Waals surface area (Å²) in [5.74, 6) is 1.08. The van der Waals surface area contributed by atoms with Gasteiger partial charge in [-0.25, -0.2) is 9.79 Å². The van der Waals surface area contributed by atoms with Crippen LogP contribution in [-0.2, 0) is 4.74 Å². The molecule has 1 aromatic carbocycles. The lowest BCUT2D eigenvalue weighted by Gasteiger charge is -2.35. The van der Waals surface area contributed by atoms with Crippen molar-refractivity contribution in [1.82, 2.24) is 0 Å². The first-order valence-corrected chi connectivity index (χ1v) is 8.34. The Kier molecular flexibility index (Phi) is 4.20. The number of methoxy groups -OCH3 is 1. The summed E-state index contributed by atoms with van der Waals surface area (Å²) in [4.78, 5) is 20.5. The number of amidine groups is 1. The van der Waals surface area contributed by atoms with Gasteiger partial charge in [0.15, 0.2) is 0 Å². The molecule has 0 heterocycles. The maximum atomic E-state index is 12.0. The van der Waals surface area contributed by atoms with Gasteiger partial charge in [0, 0.05) is 16.5 Å². The van der Waals surface area contributed by atoms with Crippen molar-refractivity contribution < 1.29 is 14.3 Å². The minimum atomic E-state index is -0.728. The van der Waals surface area contributed by atoms with Crippen molar-refractivity contribution in [2.24, 2.45) is 26.7 Å². The van der Waals surface area contributed by atoms with Crippen LogP contribution in [0.25, 0.3) is 0 Å². The summed E-state index contributed by atoms with van der Waals surface area (Å²) >= 11 is 0. The van der Waals surface area contributed by atoms with E-state index in [0.717, 1.165) is 18.6 Å². The van der Waals surface area contributed by atoms with Crippen molar-refractivity contribution in [2.45, 2.75) is 40.0 Å². The zero-order chi connectivity index (χ0) is 17.4. The number of carbonyl (C=O) groups excluding carboxylic acids is 1. The van der Waals surface area contributed by atoms with E-state index in [0.29, 0.717) is 11.7 Å². The van der Waals surface area contributed by atoms with Gasteiger partial charge in [-0.05, 0) is 37.3 Å². The van der Waals surface area contributed by atoms with Crippen molar-refractivity contribution in [3.63, 3.8) is 0 Å². The first-order valence-electron chi connectivity index (χ1n) is 8.34. The number of ether oxygens (including phenoxy) is 2. The van der Waals surface area contributed by atoms with Gasteiger partial charge in [0.25, 0.3) is 0 Å². The number of nitrogens with zero attached hydrogens (tertiary/aromatic N) is 2. The standard InChI is InChI=1S/C19H24N2O3/c1-18(2)13-10-11-19(3,12-13)15(18)20-16(23-4)21-17(22)24-14-8-6-5-7-9-14/h5-9,13H,10-12H2,1-4H3/b20-15-,21-16-/t13-,19+/m0/s1. The molecule has 1 aromatic rings. The number of para-hydroxylation sites is 1. The van der Waals surface area contributed by atoms with Gasteiger partial charge < -0.3 is 9.47 Å². The van der Waals surface area contributed by atoms with E-state index in [-0.39, 0.29) is 16.9 Å². The van der Waals surface area contributed by atoms with Gasteiger partial charge in [-0.2, -0.15) is 0 Å². The molecule has 5 nitrogen and oxygen atoms in total. The number of benzene rings is 1. The van der Waals surface area contributed by atoms with Crippen LogP contribution in [0.5, 0.6) is 5.75 Å². The molecule has 0 aromatic heterocycles. The zero-order valence-electron chi connectivity index (χ0n) is 14.7. The van der Waals surface area contributed by atoms with Crippen LogP contribution in [0.1, 0.15) is 40.0 Å². The molecule has 2 aliphatic carbocycles. The number of aliphatic imine (C=N–C) groups is 2. The fourth-order valence-electron chi connectivity index (χ4n) is 4.22. The summed E-state index contributed by atoms with van der Waals surface area (Å²) in [7, 11) is 1.47. The van der Waals surface area contributed by atoms with Crippen molar-refractivity contribution >= 4 is 17.8 Å². The average molecular weight is 328 g/mol. The second kappa shape index (κ2) is 6.04. The van der Waals surface area contributed by atoms with Crippen LogP contribution in [0.2, 0.25) is 0 Å². The number of rotatable bonds is 1. The maximum Gasteiger partial charge on any atom is 0.443 e. The minimum Gasteiger partial charge on any atom is -0.467 e. The largest absolute Gasteiger partial charge is 0.467 e. The molecule has 2 bridgehead atoms. The van der Waals surface area contributed by atoms with E-state index in [9.17, 15) is 4.79 Å². The SMILES string of the molecule is COC(=N\C(=O)Oc1ccccc1)/N=C1/C(C)(C)[C@H]2CC[C@]1(C)C2. The Labute approximate surface area is 142 Å². The second-order valence-corrected chi connectivity index (χ2v) is 7.46. The molecule has 0 spiro atoms. The topological polar surface area (TPSA) is 60.2 Å². The van der Waals surface area contributed by atoms with E-state index < -0.39 is 6.09 Å². The fourth-order valence-corrected chi connectivity index (χ4v) is 4.22. The molecule has 128 valence electrons. The first kappa shape index (κ1) is 16.7. The number of carbonyl (C=O) groups is 1. The normalized spacial score (nSPS) is 29.8. The lowest BCUT2D eigenvalue weighted by molar-refractivity contribution is 0.210. The molecule has 0 unspecified atom stereocenters. The van der Waals surface area contributed by atoms with Crippen LogP contribution < -0.4 is 4.74 Å². The third kappa shape index (κ3) is 2.95. The molecule has 2 atom stereocenters. The number of hydrogen-bond acceptors (Lipinski definition) is 3. The van der Waals surface area contributed by atoms with Crippen LogP contribution >= 0.6 is 0 Å². The predicted molar refractivity (Wildman–Crippen MR) is 93.6 cm³/mol. The highest BCUT2D eigenvalue weighted by Gasteiger charge is 2.57. The molecular weight excluding hydrogens is 304 g/mol. The Morgan fingerprint density at radius 1 is 1.21 bits per heavy atom. The van der Waals surface area contributed by atoms with E-state index in [1.165, 1.54) is 13.5 Å². The summed E-state index contributed by atoms with van der Waals surface area (Å²) in [6.07, 6.45) is 2.78. The summed E-state index contributed by atoms with van der Waals surface area (Å²) in [5.41, 5.74) is 1.17. The molecule has 2 saturated carbocycles. The molecule has 2 aliphatic rings. The van der Waals surface area contributed by atoms with Gasteiger partial charge in [-0.3, -0.25) is 0 Å². The zero-order valence-corrected chi connectivity index (χ0v) is 14.7. The summed E-state index contributed by atoms with van der Waals surface area (Å²) in [5, 5.41) is 0. The molecule has 2 fully saturated rings. The maximum absolute atomic E-state index is 12.0. The van der Waals surface area contributed by atoms with Crippen LogP contribution in [0, 0.1) is 16.7 Å². The number of fused-ring (bicyclic) bond motifs is 2. The average Bonchev–Trinajstić information content (AvgIpc) is 3.02. The molecular formula is C19H24N2O3. The smallest absolute Gasteiger partial charge is 0.443 e. The number of hydrogen-bond donors (Lipinski definition) is 0. The van der Waals surface area contributed by atoms with Crippen LogP contribution in [0.4, 0.5) is 4.79 Å². The van der Waals surface area contributed by atoms with Crippen molar-refractivity contribution in [3.8, 4) is 5.75 Å². The molecule has 0 radical (unpaired) electrons. The van der Waals surface area contributed by atoms with E-state index in [1.807, 2.05) is 6.07 Å². The quantitative estimate of drug-likeness (QED) is 0.564. The summed E-state index contributed by atoms with van der Waals surface area (Å²) in [6.45, 7) is 6.68. The van der Waals surface area contributed by atoms with E-state index in [2.05, 4.69) is 30.8 Å². The Bertz CT molecular complexity index is 687. The van der Waals surface area contributed by atoms with Gasteiger partial charge in [-0.1, -0.05) is 39.0 Å². The molecule has 24 heavy (non-hydrogen) atoms. The van der Waals surface area contributed by atoms with Crippen LogP contribution in [0.3, 0.4) is 0 Å². The molecule has 0 saturated heterocycles. The van der Waals surface area contributed by atoms with Crippen LogP contribution in [0.15, 0.2) is 40.3 Å².